The van der Waals surface area contributed by atoms with Crippen molar-refractivity contribution in [3.63, 3.8) is 0 Å². The Morgan fingerprint density at radius 1 is 1.19 bits per heavy atom. The fourth-order valence-corrected chi connectivity index (χ4v) is 7.15. The second-order valence-corrected chi connectivity index (χ2v) is 12.6. The molecular weight excluding hydrogens is 523 g/mol. The molecule has 0 radical (unpaired) electrons. The van der Waals surface area contributed by atoms with Crippen molar-refractivity contribution in [2.75, 3.05) is 19.9 Å². The number of aryl methyl sites for hydroxylation is 1. The van der Waals surface area contributed by atoms with Gasteiger partial charge in [0.1, 0.15) is 0 Å². The highest BCUT2D eigenvalue weighted by Crippen LogP contribution is 2.38. The molecule has 1 aliphatic carbocycles. The average Bonchev–Trinajstić information content (AvgIpc) is 3.24. The standard InChI is InChI=1S/C22H28F3N3O6S2/c1-4-10-35(30,31)16-11-15(22(23,24)25)12-17(13-16)36(32,33)27(2)19-6-5-7-20-18(19)14-26-28(20)9-8-21(29)34-3/h11-14,19H,4-10H2,1-3H3/t19-/m1/s1. The highest BCUT2D eigenvalue weighted by Gasteiger charge is 2.38. The number of sulfonamides is 1. The maximum absolute atomic E-state index is 13.6. The van der Waals surface area contributed by atoms with Gasteiger partial charge >= 0.3 is 12.1 Å². The van der Waals surface area contributed by atoms with Crippen LogP contribution in [0.2, 0.25) is 0 Å². The first-order valence-electron chi connectivity index (χ1n) is 11.3. The van der Waals surface area contributed by atoms with Crippen molar-refractivity contribution in [1.82, 2.24) is 14.1 Å². The minimum absolute atomic E-state index is 0.0721. The third kappa shape index (κ3) is 5.75. The highest BCUT2D eigenvalue weighted by molar-refractivity contribution is 7.91. The number of hydrogen-bond acceptors (Lipinski definition) is 7. The Morgan fingerprint density at radius 2 is 1.86 bits per heavy atom. The number of aromatic nitrogens is 2. The molecule has 0 bridgehead atoms. The number of ether oxygens (including phenoxy) is 1. The molecule has 1 heterocycles. The number of alkyl halides is 3. The van der Waals surface area contributed by atoms with Gasteiger partial charge in [0.15, 0.2) is 9.84 Å². The summed E-state index contributed by atoms with van der Waals surface area (Å²) in [6.07, 6.45) is -1.66. The number of methoxy groups -OCH3 is 1. The van der Waals surface area contributed by atoms with E-state index in [1.807, 2.05) is 0 Å². The van der Waals surface area contributed by atoms with Crippen LogP contribution in [0.1, 0.15) is 55.5 Å². The van der Waals surface area contributed by atoms with Crippen molar-refractivity contribution in [2.24, 2.45) is 0 Å². The first kappa shape index (κ1) is 28.1. The minimum atomic E-state index is -4.95. The third-order valence-corrected chi connectivity index (χ3v) is 9.89. The maximum atomic E-state index is 13.6. The third-order valence-electron chi connectivity index (χ3n) is 6.14. The molecule has 3 rings (SSSR count). The van der Waals surface area contributed by atoms with Gasteiger partial charge in [0.05, 0.1) is 53.4 Å². The molecule has 36 heavy (non-hydrogen) atoms. The summed E-state index contributed by atoms with van der Waals surface area (Å²) < 4.78 is 100.0. The van der Waals surface area contributed by atoms with E-state index in [1.165, 1.54) is 20.4 Å². The Bertz CT molecular complexity index is 1340. The van der Waals surface area contributed by atoms with Crippen LogP contribution in [0.5, 0.6) is 0 Å². The molecule has 9 nitrogen and oxygen atoms in total. The smallest absolute Gasteiger partial charge is 0.416 e. The van der Waals surface area contributed by atoms with Crippen LogP contribution in [-0.2, 0) is 48.5 Å². The fourth-order valence-electron chi connectivity index (χ4n) is 4.25. The lowest BCUT2D eigenvalue weighted by molar-refractivity contribution is -0.141. The van der Waals surface area contributed by atoms with E-state index in [-0.39, 0.29) is 19.4 Å². The van der Waals surface area contributed by atoms with E-state index in [4.69, 9.17) is 0 Å². The van der Waals surface area contributed by atoms with Gasteiger partial charge < -0.3 is 4.74 Å². The molecule has 0 saturated carbocycles. The van der Waals surface area contributed by atoms with Crippen molar-refractivity contribution >= 4 is 25.8 Å². The second-order valence-electron chi connectivity index (χ2n) is 8.53. The zero-order valence-electron chi connectivity index (χ0n) is 20.1. The molecule has 0 unspecified atom stereocenters. The summed E-state index contributed by atoms with van der Waals surface area (Å²) in [7, 11) is -6.13. The lowest BCUT2D eigenvalue weighted by Gasteiger charge is -2.31. The molecule has 0 amide bonds. The number of halogens is 3. The van der Waals surface area contributed by atoms with Crippen molar-refractivity contribution in [3.8, 4) is 0 Å². The van der Waals surface area contributed by atoms with Gasteiger partial charge in [-0.2, -0.15) is 22.6 Å². The molecule has 0 aliphatic heterocycles. The summed E-state index contributed by atoms with van der Waals surface area (Å²) in [6.45, 7) is 1.79. The SMILES string of the molecule is CCCS(=O)(=O)c1cc(C(F)(F)F)cc(S(=O)(=O)N(C)[C@@H]2CCCc3c2cnn3CCC(=O)OC)c1. The number of nitrogens with zero attached hydrogens (tertiary/aromatic N) is 3. The van der Waals surface area contributed by atoms with Crippen LogP contribution >= 0.6 is 0 Å². The van der Waals surface area contributed by atoms with Crippen molar-refractivity contribution in [3.05, 3.63) is 41.2 Å². The van der Waals surface area contributed by atoms with Gasteiger partial charge in [-0.3, -0.25) is 9.48 Å². The van der Waals surface area contributed by atoms with Crippen LogP contribution in [0.25, 0.3) is 0 Å². The highest BCUT2D eigenvalue weighted by atomic mass is 32.2. The largest absolute Gasteiger partial charge is 0.469 e. The van der Waals surface area contributed by atoms with E-state index >= 15 is 0 Å². The zero-order chi connectivity index (χ0) is 26.9. The van der Waals surface area contributed by atoms with E-state index in [2.05, 4.69) is 9.84 Å². The Kier molecular flexibility index (Phi) is 8.20. The molecule has 1 aromatic carbocycles. The van der Waals surface area contributed by atoms with Gasteiger partial charge in [0.25, 0.3) is 0 Å². The summed E-state index contributed by atoms with van der Waals surface area (Å²) in [6, 6.07) is 0.986. The number of carbonyl (C=O) groups excluding carboxylic acids is 1. The van der Waals surface area contributed by atoms with E-state index in [9.17, 15) is 34.8 Å². The normalized spacial score (nSPS) is 16.7. The van der Waals surface area contributed by atoms with Crippen LogP contribution < -0.4 is 0 Å². The van der Waals surface area contributed by atoms with Gasteiger partial charge in [-0.1, -0.05) is 6.92 Å². The Hall–Kier alpha value is -2.45. The maximum Gasteiger partial charge on any atom is 0.416 e. The zero-order valence-corrected chi connectivity index (χ0v) is 21.7. The average molecular weight is 552 g/mol. The molecule has 0 spiro atoms. The van der Waals surface area contributed by atoms with Gasteiger partial charge in [0, 0.05) is 18.3 Å². The van der Waals surface area contributed by atoms with Gasteiger partial charge in [-0.25, -0.2) is 16.8 Å². The molecule has 1 aromatic heterocycles. The Balaban J connectivity index is 2.02. The van der Waals surface area contributed by atoms with Crippen molar-refractivity contribution in [2.45, 2.75) is 67.6 Å². The molecule has 1 atom stereocenters. The molecule has 0 fully saturated rings. The van der Waals surface area contributed by atoms with Crippen LogP contribution in [0.3, 0.4) is 0 Å². The Morgan fingerprint density at radius 3 is 2.47 bits per heavy atom. The molecule has 0 N–H and O–H groups in total. The molecule has 2 aromatic rings. The lowest BCUT2D eigenvalue weighted by atomic mass is 9.93. The number of benzene rings is 1. The fraction of sp³-hybridized carbons (Fsp3) is 0.545. The number of esters is 1. The first-order valence-corrected chi connectivity index (χ1v) is 14.4. The minimum Gasteiger partial charge on any atom is -0.469 e. The molecular formula is C22H28F3N3O6S2. The lowest BCUT2D eigenvalue weighted by Crippen LogP contribution is -2.33. The van der Waals surface area contributed by atoms with Crippen LogP contribution in [0, 0.1) is 0 Å². The van der Waals surface area contributed by atoms with E-state index in [1.54, 1.807) is 11.6 Å². The molecule has 1 aliphatic rings. The quantitative estimate of drug-likeness (QED) is 0.439. The monoisotopic (exact) mass is 551 g/mol. The number of fused-ring (bicyclic) bond motifs is 1. The number of sulfone groups is 1. The summed E-state index contributed by atoms with van der Waals surface area (Å²) in [4.78, 5) is 10.1. The summed E-state index contributed by atoms with van der Waals surface area (Å²) >= 11 is 0. The Labute approximate surface area is 208 Å². The van der Waals surface area contributed by atoms with E-state index in [0.717, 1.165) is 16.1 Å². The summed E-state index contributed by atoms with van der Waals surface area (Å²) in [5.74, 6) is -0.843. The van der Waals surface area contributed by atoms with Gasteiger partial charge in [0.2, 0.25) is 10.0 Å². The number of carbonyl (C=O) groups is 1. The van der Waals surface area contributed by atoms with Gasteiger partial charge in [-0.15, -0.1) is 0 Å². The van der Waals surface area contributed by atoms with Gasteiger partial charge in [-0.05, 0) is 43.9 Å². The predicted molar refractivity (Wildman–Crippen MR) is 123 cm³/mol. The summed E-state index contributed by atoms with van der Waals surface area (Å²) in [5, 5.41) is 4.26. The summed E-state index contributed by atoms with van der Waals surface area (Å²) in [5.41, 5.74) is -0.0398. The van der Waals surface area contributed by atoms with Crippen LogP contribution in [0.15, 0.2) is 34.2 Å². The van der Waals surface area contributed by atoms with Crippen molar-refractivity contribution < 1.29 is 39.5 Å². The molecule has 200 valence electrons. The van der Waals surface area contributed by atoms with Crippen LogP contribution in [0.4, 0.5) is 13.2 Å². The van der Waals surface area contributed by atoms with Crippen LogP contribution in [-0.4, -0.2) is 56.8 Å². The second kappa shape index (κ2) is 10.5. The molecule has 0 saturated heterocycles. The predicted octanol–water partition coefficient (Wildman–Crippen LogP) is 3.35. The van der Waals surface area contributed by atoms with Crippen molar-refractivity contribution in [1.29, 1.82) is 0 Å². The number of rotatable bonds is 9. The molecule has 14 heteroatoms. The first-order chi connectivity index (χ1) is 16.7. The number of hydrogen-bond donors (Lipinski definition) is 0. The van der Waals surface area contributed by atoms with E-state index < -0.39 is 59.2 Å². The topological polar surface area (TPSA) is 116 Å². The van der Waals surface area contributed by atoms with E-state index in [0.29, 0.717) is 37.0 Å².